The van der Waals surface area contributed by atoms with Gasteiger partial charge in [0.1, 0.15) is 6.10 Å². The number of nitrogens with zero attached hydrogens (tertiary/aromatic N) is 4. The summed E-state index contributed by atoms with van der Waals surface area (Å²) < 4.78 is 7.73. The third-order valence-electron chi connectivity index (χ3n) is 5.14. The van der Waals surface area contributed by atoms with Gasteiger partial charge < -0.3 is 10.1 Å². The summed E-state index contributed by atoms with van der Waals surface area (Å²) in [6, 6.07) is 4.11. The van der Waals surface area contributed by atoms with Gasteiger partial charge in [0.25, 0.3) is 0 Å². The first kappa shape index (κ1) is 16.3. The van der Waals surface area contributed by atoms with Crippen molar-refractivity contribution in [2.75, 3.05) is 19.6 Å². The highest BCUT2D eigenvalue weighted by molar-refractivity contribution is 5.78. The van der Waals surface area contributed by atoms with Crippen LogP contribution in [0.3, 0.4) is 0 Å². The number of hydrogen-bond donors (Lipinski definition) is 1. The number of rotatable bonds is 5. The first-order chi connectivity index (χ1) is 12.3. The molecule has 134 valence electrons. The third-order valence-corrected chi connectivity index (χ3v) is 5.14. The molecule has 0 aromatic carbocycles. The minimum atomic E-state index is 0.159. The molecule has 7 heteroatoms. The second-order valence-electron chi connectivity index (χ2n) is 7.04. The fraction of sp³-hybridized carbons (Fsp3) is 0.611. The maximum Gasteiger partial charge on any atom is 0.234 e. The number of aromatic nitrogens is 3. The van der Waals surface area contributed by atoms with E-state index in [0.717, 1.165) is 44.4 Å². The monoisotopic (exact) mass is 343 g/mol. The highest BCUT2D eigenvalue weighted by Crippen LogP contribution is 2.19. The molecule has 2 aromatic rings. The van der Waals surface area contributed by atoms with E-state index in [1.807, 2.05) is 18.3 Å². The van der Waals surface area contributed by atoms with Crippen molar-refractivity contribution in [3.63, 3.8) is 0 Å². The second-order valence-corrected chi connectivity index (χ2v) is 7.04. The highest BCUT2D eigenvalue weighted by atomic mass is 16.5. The summed E-state index contributed by atoms with van der Waals surface area (Å²) in [5, 5.41) is 7.30. The number of hydrogen-bond acceptors (Lipinski definition) is 5. The molecule has 1 aliphatic carbocycles. The van der Waals surface area contributed by atoms with E-state index in [4.69, 9.17) is 4.74 Å². The van der Waals surface area contributed by atoms with Gasteiger partial charge in [-0.05, 0) is 25.7 Å². The van der Waals surface area contributed by atoms with Gasteiger partial charge >= 0.3 is 0 Å². The Hall–Kier alpha value is -2.15. The van der Waals surface area contributed by atoms with Gasteiger partial charge in [-0.3, -0.25) is 9.69 Å². The standard InChI is InChI=1S/C18H25N5O2/c24-17(20-14-3-1-2-4-14)13-22-10-6-15(7-11-22)25-18-8-12-23-16(21-18)5-9-19-23/h5,8-9,12,14-15H,1-4,6-7,10-11,13H2,(H,20,24). The van der Waals surface area contributed by atoms with E-state index in [9.17, 15) is 4.79 Å². The molecule has 1 saturated heterocycles. The average Bonchev–Trinajstić information content (AvgIpc) is 3.27. The predicted octanol–water partition coefficient (Wildman–Crippen LogP) is 1.63. The topological polar surface area (TPSA) is 71.8 Å². The van der Waals surface area contributed by atoms with Gasteiger partial charge in [-0.15, -0.1) is 0 Å². The van der Waals surface area contributed by atoms with Crippen molar-refractivity contribution in [3.8, 4) is 5.88 Å². The minimum Gasteiger partial charge on any atom is -0.474 e. The van der Waals surface area contributed by atoms with E-state index in [-0.39, 0.29) is 12.0 Å². The number of piperidine rings is 1. The van der Waals surface area contributed by atoms with E-state index in [1.54, 1.807) is 10.7 Å². The van der Waals surface area contributed by atoms with E-state index in [0.29, 0.717) is 18.5 Å². The highest BCUT2D eigenvalue weighted by Gasteiger charge is 2.24. The molecular formula is C18H25N5O2. The molecule has 2 aromatic heterocycles. The van der Waals surface area contributed by atoms with Crippen molar-refractivity contribution in [1.82, 2.24) is 24.8 Å². The summed E-state index contributed by atoms with van der Waals surface area (Å²) in [7, 11) is 0. The molecule has 0 bridgehead atoms. The van der Waals surface area contributed by atoms with E-state index < -0.39 is 0 Å². The normalized spacial score (nSPS) is 20.2. The number of likely N-dealkylation sites (tertiary alicyclic amines) is 1. The Bertz CT molecular complexity index is 717. The lowest BCUT2D eigenvalue weighted by molar-refractivity contribution is -0.123. The lowest BCUT2D eigenvalue weighted by atomic mass is 10.1. The van der Waals surface area contributed by atoms with Crippen molar-refractivity contribution >= 4 is 11.6 Å². The molecule has 4 rings (SSSR count). The van der Waals surface area contributed by atoms with E-state index in [2.05, 4.69) is 20.3 Å². The average molecular weight is 343 g/mol. The molecule has 2 fully saturated rings. The van der Waals surface area contributed by atoms with Crippen molar-refractivity contribution < 1.29 is 9.53 Å². The lowest BCUT2D eigenvalue weighted by Crippen LogP contribution is -2.45. The van der Waals surface area contributed by atoms with Crippen LogP contribution in [-0.2, 0) is 4.79 Å². The van der Waals surface area contributed by atoms with Crippen LogP contribution in [0.2, 0.25) is 0 Å². The zero-order chi connectivity index (χ0) is 17.1. The Kier molecular flexibility index (Phi) is 4.83. The fourth-order valence-corrected chi connectivity index (χ4v) is 3.76. The summed E-state index contributed by atoms with van der Waals surface area (Å²) in [6.07, 6.45) is 10.3. The van der Waals surface area contributed by atoms with Crippen LogP contribution in [0.25, 0.3) is 5.65 Å². The fourth-order valence-electron chi connectivity index (χ4n) is 3.76. The number of carbonyl (C=O) groups excluding carboxylic acids is 1. The quantitative estimate of drug-likeness (QED) is 0.893. The smallest absolute Gasteiger partial charge is 0.234 e. The van der Waals surface area contributed by atoms with Crippen molar-refractivity contribution in [3.05, 3.63) is 24.5 Å². The molecule has 0 spiro atoms. The zero-order valence-corrected chi connectivity index (χ0v) is 14.4. The van der Waals surface area contributed by atoms with Gasteiger partial charge in [-0.25, -0.2) is 4.52 Å². The molecule has 25 heavy (non-hydrogen) atoms. The first-order valence-electron chi connectivity index (χ1n) is 9.25. The molecule has 0 unspecified atom stereocenters. The lowest BCUT2D eigenvalue weighted by Gasteiger charge is -2.31. The van der Waals surface area contributed by atoms with Gasteiger partial charge in [0, 0.05) is 37.5 Å². The molecule has 1 amide bonds. The molecule has 7 nitrogen and oxygen atoms in total. The van der Waals surface area contributed by atoms with Crippen LogP contribution in [0.1, 0.15) is 38.5 Å². The van der Waals surface area contributed by atoms with Crippen LogP contribution in [0.4, 0.5) is 0 Å². The number of fused-ring (bicyclic) bond motifs is 1. The Morgan fingerprint density at radius 2 is 2.00 bits per heavy atom. The van der Waals surface area contributed by atoms with Crippen molar-refractivity contribution in [1.29, 1.82) is 0 Å². The first-order valence-corrected chi connectivity index (χ1v) is 9.25. The van der Waals surface area contributed by atoms with Crippen LogP contribution >= 0.6 is 0 Å². The van der Waals surface area contributed by atoms with Crippen molar-refractivity contribution in [2.45, 2.75) is 50.7 Å². The van der Waals surface area contributed by atoms with Crippen LogP contribution in [0.5, 0.6) is 5.88 Å². The summed E-state index contributed by atoms with van der Waals surface area (Å²) in [5.41, 5.74) is 0.790. The Labute approximate surface area is 147 Å². The van der Waals surface area contributed by atoms with E-state index in [1.165, 1.54) is 12.8 Å². The van der Waals surface area contributed by atoms with Crippen LogP contribution in [0, 0.1) is 0 Å². The molecule has 0 radical (unpaired) electrons. The van der Waals surface area contributed by atoms with E-state index >= 15 is 0 Å². The summed E-state index contributed by atoms with van der Waals surface area (Å²) in [5.74, 6) is 0.810. The Balaban J connectivity index is 1.23. The third kappa shape index (κ3) is 4.10. The minimum absolute atomic E-state index is 0.159. The number of carbonyl (C=O) groups is 1. The molecule has 3 heterocycles. The predicted molar refractivity (Wildman–Crippen MR) is 93.5 cm³/mol. The second kappa shape index (κ2) is 7.39. The molecule has 0 atom stereocenters. The molecule has 1 saturated carbocycles. The maximum absolute atomic E-state index is 12.1. The van der Waals surface area contributed by atoms with Crippen LogP contribution < -0.4 is 10.1 Å². The van der Waals surface area contributed by atoms with Gasteiger partial charge in [-0.2, -0.15) is 10.1 Å². The van der Waals surface area contributed by atoms with Gasteiger partial charge in [-0.1, -0.05) is 12.8 Å². The van der Waals surface area contributed by atoms with Gasteiger partial charge in [0.2, 0.25) is 11.8 Å². The number of ether oxygens (including phenoxy) is 1. The summed E-state index contributed by atoms with van der Waals surface area (Å²) in [6.45, 7) is 2.28. The van der Waals surface area contributed by atoms with Gasteiger partial charge in [0.15, 0.2) is 5.65 Å². The number of nitrogens with one attached hydrogen (secondary N) is 1. The maximum atomic E-state index is 12.1. The summed E-state index contributed by atoms with van der Waals surface area (Å²) >= 11 is 0. The largest absolute Gasteiger partial charge is 0.474 e. The summed E-state index contributed by atoms with van der Waals surface area (Å²) in [4.78, 5) is 18.8. The molecule has 2 aliphatic rings. The number of amides is 1. The Morgan fingerprint density at radius 1 is 1.20 bits per heavy atom. The van der Waals surface area contributed by atoms with Crippen LogP contribution in [-0.4, -0.2) is 57.2 Å². The zero-order valence-electron chi connectivity index (χ0n) is 14.4. The molecular weight excluding hydrogens is 318 g/mol. The Morgan fingerprint density at radius 3 is 2.80 bits per heavy atom. The van der Waals surface area contributed by atoms with Gasteiger partial charge in [0.05, 0.1) is 12.7 Å². The van der Waals surface area contributed by atoms with Crippen LogP contribution in [0.15, 0.2) is 24.5 Å². The molecule has 1 N–H and O–H groups in total. The molecule has 1 aliphatic heterocycles. The SMILES string of the molecule is O=C(CN1CCC(Oc2ccn3nccc3n2)CC1)NC1CCCC1. The van der Waals surface area contributed by atoms with Crippen molar-refractivity contribution in [2.24, 2.45) is 0 Å².